The molecule has 0 spiro atoms. The van der Waals surface area contributed by atoms with Crippen LogP contribution in [0.5, 0.6) is 23.0 Å². The normalized spacial score (nSPS) is 11.8. The average Bonchev–Trinajstić information content (AvgIpc) is 3.22. The van der Waals surface area contributed by atoms with Gasteiger partial charge in [0.2, 0.25) is 0 Å². The molecule has 0 saturated heterocycles. The molecule has 3 aromatic rings. The summed E-state index contributed by atoms with van der Waals surface area (Å²) in [4.78, 5) is 12.3. The zero-order valence-electron chi connectivity index (χ0n) is 17.5. The molecule has 0 radical (unpaired) electrons. The third kappa shape index (κ3) is 3.59. The molecule has 1 aliphatic heterocycles. The van der Waals surface area contributed by atoms with Crippen LogP contribution >= 0.6 is 15.9 Å². The molecule has 0 unspecified atom stereocenters. The monoisotopic (exact) mass is 488 g/mol. The van der Waals surface area contributed by atoms with Gasteiger partial charge in [-0.2, -0.15) is 5.10 Å². The van der Waals surface area contributed by atoms with Gasteiger partial charge in [0.15, 0.2) is 5.69 Å². The summed E-state index contributed by atoms with van der Waals surface area (Å²) in [5, 5.41) is 7.15. The number of halogens is 1. The number of fused-ring (bicyclic) bond motifs is 3. The summed E-state index contributed by atoms with van der Waals surface area (Å²) in [6, 6.07) is 7.42. The van der Waals surface area contributed by atoms with Crippen molar-refractivity contribution in [1.29, 1.82) is 0 Å². The smallest absolute Gasteiger partial charge is 0.359 e. The van der Waals surface area contributed by atoms with Gasteiger partial charge < -0.3 is 23.7 Å². The fraction of sp³-hybridized carbons (Fsp3) is 0.273. The van der Waals surface area contributed by atoms with E-state index in [1.165, 1.54) is 0 Å². The van der Waals surface area contributed by atoms with Gasteiger partial charge in [-0.3, -0.25) is 5.10 Å². The molecule has 0 aliphatic carbocycles. The third-order valence-electron chi connectivity index (χ3n) is 5.00. The molecule has 2 heterocycles. The molecule has 162 valence electrons. The first kappa shape index (κ1) is 21.0. The lowest BCUT2D eigenvalue weighted by Crippen LogP contribution is -2.12. The summed E-state index contributed by atoms with van der Waals surface area (Å²) in [6.45, 7) is 2.18. The fourth-order valence-corrected chi connectivity index (χ4v) is 4.19. The maximum absolute atomic E-state index is 12.3. The Morgan fingerprint density at radius 1 is 1.13 bits per heavy atom. The van der Waals surface area contributed by atoms with Crippen molar-refractivity contribution < 1.29 is 28.5 Å². The molecule has 4 rings (SSSR count). The molecule has 2 aromatic carbocycles. The number of H-pyrrole nitrogens is 1. The molecule has 0 atom stereocenters. The molecule has 1 aliphatic rings. The van der Waals surface area contributed by atoms with Crippen LogP contribution in [0, 0.1) is 0 Å². The van der Waals surface area contributed by atoms with Crippen molar-refractivity contribution in [2.75, 3.05) is 27.9 Å². The number of carbonyl (C=O) groups is 1. The lowest BCUT2D eigenvalue weighted by molar-refractivity contribution is 0.0516. The van der Waals surface area contributed by atoms with Crippen LogP contribution in [0.1, 0.15) is 23.0 Å². The predicted molar refractivity (Wildman–Crippen MR) is 117 cm³/mol. The molecule has 0 bridgehead atoms. The minimum Gasteiger partial charge on any atom is -0.497 e. The molecule has 31 heavy (non-hydrogen) atoms. The van der Waals surface area contributed by atoms with Gasteiger partial charge in [0.25, 0.3) is 0 Å². The van der Waals surface area contributed by atoms with Crippen molar-refractivity contribution in [3.8, 4) is 45.4 Å². The Hall–Kier alpha value is -3.20. The number of methoxy groups -OCH3 is 3. The Morgan fingerprint density at radius 3 is 2.45 bits per heavy atom. The van der Waals surface area contributed by atoms with Crippen molar-refractivity contribution in [2.24, 2.45) is 0 Å². The lowest BCUT2D eigenvalue weighted by atomic mass is 9.95. The van der Waals surface area contributed by atoms with Crippen molar-refractivity contribution in [3.63, 3.8) is 0 Å². The lowest BCUT2D eigenvalue weighted by Gasteiger charge is -2.24. The topological polar surface area (TPSA) is 91.9 Å². The first-order chi connectivity index (χ1) is 15.0. The highest BCUT2D eigenvalue weighted by Gasteiger charge is 2.31. The number of aromatic nitrogens is 2. The number of hydrogen-bond donors (Lipinski definition) is 1. The second-order valence-electron chi connectivity index (χ2n) is 6.68. The quantitative estimate of drug-likeness (QED) is 0.506. The maximum Gasteiger partial charge on any atom is 0.359 e. The first-order valence-corrected chi connectivity index (χ1v) is 10.3. The van der Waals surface area contributed by atoms with Crippen LogP contribution < -0.4 is 18.9 Å². The van der Waals surface area contributed by atoms with Crippen LogP contribution in [0.2, 0.25) is 0 Å². The maximum atomic E-state index is 12.3. The second-order valence-corrected chi connectivity index (χ2v) is 7.53. The van der Waals surface area contributed by atoms with Gasteiger partial charge in [-0.15, -0.1) is 0 Å². The van der Waals surface area contributed by atoms with Gasteiger partial charge in [-0.25, -0.2) is 4.79 Å². The van der Waals surface area contributed by atoms with Crippen molar-refractivity contribution >= 4 is 21.9 Å². The standard InChI is InChI=1S/C22H21BrN2O6/c1-5-30-22(26)19-15-10-31-20-14(18(15)24-25-19)9-16(23)21(29-4)17(20)11-6-12(27-2)8-13(7-11)28-3/h6-9H,5,10H2,1-4H3,(H,24,25). The van der Waals surface area contributed by atoms with Gasteiger partial charge in [0.1, 0.15) is 29.6 Å². The number of nitrogens with zero attached hydrogens (tertiary/aromatic N) is 1. The van der Waals surface area contributed by atoms with Crippen LogP contribution in [0.15, 0.2) is 28.7 Å². The number of nitrogens with one attached hydrogen (secondary N) is 1. The van der Waals surface area contributed by atoms with Gasteiger partial charge >= 0.3 is 5.97 Å². The average molecular weight is 489 g/mol. The predicted octanol–water partition coefficient (Wildman–Crippen LogP) is 4.60. The van der Waals surface area contributed by atoms with E-state index < -0.39 is 5.97 Å². The number of aromatic amines is 1. The Kier molecular flexibility index (Phi) is 5.77. The van der Waals surface area contributed by atoms with E-state index in [1.807, 2.05) is 18.2 Å². The van der Waals surface area contributed by atoms with Crippen LogP contribution in [0.25, 0.3) is 22.4 Å². The van der Waals surface area contributed by atoms with Gasteiger partial charge in [-0.1, -0.05) is 0 Å². The van der Waals surface area contributed by atoms with E-state index in [9.17, 15) is 4.79 Å². The first-order valence-electron chi connectivity index (χ1n) is 9.53. The molecular formula is C22H21BrN2O6. The molecule has 1 N–H and O–H groups in total. The highest BCUT2D eigenvalue weighted by atomic mass is 79.9. The van der Waals surface area contributed by atoms with Crippen molar-refractivity contribution in [2.45, 2.75) is 13.5 Å². The molecule has 1 aromatic heterocycles. The van der Waals surface area contributed by atoms with E-state index >= 15 is 0 Å². The minimum absolute atomic E-state index is 0.159. The zero-order chi connectivity index (χ0) is 22.1. The Bertz CT molecular complexity index is 1140. The largest absolute Gasteiger partial charge is 0.497 e. The number of ether oxygens (including phenoxy) is 5. The fourth-order valence-electron chi connectivity index (χ4n) is 3.61. The molecule has 0 saturated carbocycles. The Labute approximate surface area is 187 Å². The number of benzene rings is 2. The van der Waals surface area contributed by atoms with E-state index in [-0.39, 0.29) is 18.9 Å². The van der Waals surface area contributed by atoms with E-state index in [0.29, 0.717) is 38.7 Å². The highest BCUT2D eigenvalue weighted by molar-refractivity contribution is 9.10. The SMILES string of the molecule is CCOC(=O)c1n[nH]c2c1COc1c-2cc(Br)c(OC)c1-c1cc(OC)cc(OC)c1. The van der Waals surface area contributed by atoms with Gasteiger partial charge in [0, 0.05) is 11.6 Å². The number of hydrogen-bond acceptors (Lipinski definition) is 7. The summed E-state index contributed by atoms with van der Waals surface area (Å²) >= 11 is 3.60. The van der Waals surface area contributed by atoms with E-state index in [2.05, 4.69) is 26.1 Å². The molecule has 0 fully saturated rings. The summed E-state index contributed by atoms with van der Waals surface area (Å²) in [7, 11) is 4.78. The Morgan fingerprint density at radius 2 is 1.84 bits per heavy atom. The van der Waals surface area contributed by atoms with Crippen LogP contribution in [0.4, 0.5) is 0 Å². The molecule has 9 heteroatoms. The van der Waals surface area contributed by atoms with Gasteiger partial charge in [-0.05, 0) is 46.6 Å². The summed E-state index contributed by atoms with van der Waals surface area (Å²) in [5.41, 5.74) is 3.83. The van der Waals surface area contributed by atoms with Crippen LogP contribution in [-0.4, -0.2) is 44.1 Å². The molecule has 8 nitrogen and oxygen atoms in total. The van der Waals surface area contributed by atoms with Crippen molar-refractivity contribution in [1.82, 2.24) is 10.2 Å². The van der Waals surface area contributed by atoms with Gasteiger partial charge in [0.05, 0.1) is 49.2 Å². The van der Waals surface area contributed by atoms with Crippen LogP contribution in [0.3, 0.4) is 0 Å². The third-order valence-corrected chi connectivity index (χ3v) is 5.59. The van der Waals surface area contributed by atoms with Crippen LogP contribution in [-0.2, 0) is 11.3 Å². The Balaban J connectivity index is 1.95. The summed E-state index contributed by atoms with van der Waals surface area (Å²) in [5.74, 6) is 1.97. The van der Waals surface area contributed by atoms with E-state index in [4.69, 9.17) is 23.7 Å². The highest BCUT2D eigenvalue weighted by Crippen LogP contribution is 2.52. The van der Waals surface area contributed by atoms with Crippen molar-refractivity contribution in [3.05, 3.63) is 40.0 Å². The molecular weight excluding hydrogens is 468 g/mol. The number of carbonyl (C=O) groups excluding carboxylic acids is 1. The number of esters is 1. The van der Waals surface area contributed by atoms with E-state index in [0.717, 1.165) is 16.7 Å². The summed E-state index contributed by atoms with van der Waals surface area (Å²) in [6.07, 6.45) is 0. The summed E-state index contributed by atoms with van der Waals surface area (Å²) < 4.78 is 28.6. The number of rotatable bonds is 6. The van der Waals surface area contributed by atoms with E-state index in [1.54, 1.807) is 34.3 Å². The zero-order valence-corrected chi connectivity index (χ0v) is 19.1. The molecule has 0 amide bonds. The minimum atomic E-state index is -0.489. The second kappa shape index (κ2) is 8.50.